The highest BCUT2D eigenvalue weighted by Crippen LogP contribution is 2.40. The maximum Gasteiger partial charge on any atom is 0.186 e. The highest BCUT2D eigenvalue weighted by atomic mass is 16.5. The summed E-state index contributed by atoms with van der Waals surface area (Å²) >= 11 is 0. The first kappa shape index (κ1) is 30.2. The number of ether oxygens (including phenoxy) is 4. The first-order valence-electron chi connectivity index (χ1n) is 14.4. The molecule has 0 atom stereocenters. The van der Waals surface area contributed by atoms with Gasteiger partial charge in [0.15, 0.2) is 28.8 Å². The molecule has 0 radical (unpaired) electrons. The van der Waals surface area contributed by atoms with Gasteiger partial charge in [-0.1, -0.05) is 30.3 Å². The van der Waals surface area contributed by atoms with Crippen molar-refractivity contribution in [3.05, 3.63) is 102 Å². The highest BCUT2D eigenvalue weighted by Gasteiger charge is 2.23. The van der Waals surface area contributed by atoms with E-state index < -0.39 is 0 Å². The normalized spacial score (nSPS) is 12.7. The number of nitrogens with one attached hydrogen (secondary N) is 1. The summed E-state index contributed by atoms with van der Waals surface area (Å²) in [6, 6.07) is 19.8. The SMILES string of the molecule is COCCOc1cc2ncnc(Nc3ccc(Oc4c(C(C)=O)ccc5ccccc45)c(C4=CC(=O)C=CC4=O)c3)c2cc1OC. The molecule has 0 amide bonds. The van der Waals surface area contributed by atoms with Gasteiger partial charge in [-0.25, -0.2) is 9.97 Å². The number of hydrogen-bond donors (Lipinski definition) is 1. The zero-order chi connectivity index (χ0) is 32.2. The Morgan fingerprint density at radius 3 is 2.50 bits per heavy atom. The van der Waals surface area contributed by atoms with E-state index in [1.165, 1.54) is 31.5 Å². The van der Waals surface area contributed by atoms with E-state index in [0.29, 0.717) is 69.7 Å². The molecule has 10 heteroatoms. The van der Waals surface area contributed by atoms with Crippen LogP contribution in [0.2, 0.25) is 0 Å². The number of methoxy groups -OCH3 is 2. The summed E-state index contributed by atoms with van der Waals surface area (Å²) in [5, 5.41) is 5.58. The van der Waals surface area contributed by atoms with Crippen molar-refractivity contribution in [3.8, 4) is 23.0 Å². The third-order valence-electron chi connectivity index (χ3n) is 7.42. The van der Waals surface area contributed by atoms with E-state index in [9.17, 15) is 14.4 Å². The molecule has 1 heterocycles. The lowest BCUT2D eigenvalue weighted by Gasteiger charge is -2.19. The van der Waals surface area contributed by atoms with Crippen LogP contribution in [0.15, 0.2) is 91.3 Å². The average Bonchev–Trinajstić information content (AvgIpc) is 3.06. The number of hydrogen-bond acceptors (Lipinski definition) is 10. The molecule has 0 saturated heterocycles. The number of ketones is 3. The predicted octanol–water partition coefficient (Wildman–Crippen LogP) is 6.65. The second-order valence-corrected chi connectivity index (χ2v) is 10.4. The number of Topliss-reactive ketones (excluding diaryl/α,β-unsaturated/α-hetero) is 1. The van der Waals surface area contributed by atoms with Gasteiger partial charge < -0.3 is 24.3 Å². The van der Waals surface area contributed by atoms with Crippen LogP contribution in [0.4, 0.5) is 11.5 Å². The van der Waals surface area contributed by atoms with Crippen LogP contribution in [0.1, 0.15) is 22.8 Å². The molecule has 0 spiro atoms. The highest BCUT2D eigenvalue weighted by molar-refractivity contribution is 6.34. The first-order valence-corrected chi connectivity index (χ1v) is 14.4. The van der Waals surface area contributed by atoms with Crippen molar-refractivity contribution in [2.45, 2.75) is 6.92 Å². The zero-order valence-electron chi connectivity index (χ0n) is 25.3. The Labute approximate surface area is 264 Å². The summed E-state index contributed by atoms with van der Waals surface area (Å²) in [6.45, 7) is 2.22. The van der Waals surface area contributed by atoms with E-state index in [4.69, 9.17) is 18.9 Å². The van der Waals surface area contributed by atoms with Crippen LogP contribution >= 0.6 is 0 Å². The Bertz CT molecular complexity index is 2080. The largest absolute Gasteiger partial charge is 0.493 e. The molecule has 0 bridgehead atoms. The second kappa shape index (κ2) is 13.0. The molecule has 10 nitrogen and oxygen atoms in total. The summed E-state index contributed by atoms with van der Waals surface area (Å²) in [4.78, 5) is 47.0. The number of anilines is 2. The van der Waals surface area contributed by atoms with Crippen molar-refractivity contribution in [2.24, 2.45) is 0 Å². The molecule has 1 aromatic heterocycles. The van der Waals surface area contributed by atoms with Crippen molar-refractivity contribution < 1.29 is 33.3 Å². The lowest BCUT2D eigenvalue weighted by molar-refractivity contribution is -0.113. The lowest BCUT2D eigenvalue weighted by Crippen LogP contribution is -2.09. The molecule has 0 aliphatic heterocycles. The van der Waals surface area contributed by atoms with E-state index in [-0.39, 0.29) is 22.9 Å². The number of nitrogens with zero attached hydrogens (tertiary/aromatic N) is 2. The van der Waals surface area contributed by atoms with Crippen LogP contribution in [0.25, 0.3) is 27.2 Å². The van der Waals surface area contributed by atoms with Gasteiger partial charge in [0.25, 0.3) is 0 Å². The standard InChI is InChI=1S/C36H29N3O7/c1-21(40)25-11-8-22-6-4-5-7-26(22)35(25)46-32-13-9-23(16-28(32)27-17-24(41)10-12-31(27)42)39-36-29-18-33(44-3)34(45-15-14-43-2)19-30(29)37-20-38-36/h4-13,16-20H,14-15H2,1-3H3,(H,37,38,39). The fourth-order valence-electron chi connectivity index (χ4n) is 5.17. The summed E-state index contributed by atoms with van der Waals surface area (Å²) in [5.74, 6) is 1.26. The molecule has 0 saturated carbocycles. The molecule has 46 heavy (non-hydrogen) atoms. The van der Waals surface area contributed by atoms with Gasteiger partial charge in [-0.3, -0.25) is 14.4 Å². The number of carbonyl (C=O) groups is 3. The van der Waals surface area contributed by atoms with Crippen LogP contribution < -0.4 is 19.5 Å². The van der Waals surface area contributed by atoms with Crippen molar-refractivity contribution in [3.63, 3.8) is 0 Å². The van der Waals surface area contributed by atoms with Gasteiger partial charge in [-0.05, 0) is 60.9 Å². The molecule has 1 aliphatic rings. The Morgan fingerprint density at radius 1 is 0.848 bits per heavy atom. The third-order valence-corrected chi connectivity index (χ3v) is 7.42. The van der Waals surface area contributed by atoms with Crippen molar-refractivity contribution >= 4 is 56.1 Å². The molecule has 1 aliphatic carbocycles. The molecular weight excluding hydrogens is 586 g/mol. The predicted molar refractivity (Wildman–Crippen MR) is 174 cm³/mol. The van der Waals surface area contributed by atoms with Gasteiger partial charge in [0, 0.05) is 40.8 Å². The minimum Gasteiger partial charge on any atom is -0.493 e. The minimum absolute atomic E-state index is 0.155. The summed E-state index contributed by atoms with van der Waals surface area (Å²) in [7, 11) is 3.14. The number of allylic oxidation sites excluding steroid dienone is 4. The van der Waals surface area contributed by atoms with Gasteiger partial charge in [-0.15, -0.1) is 0 Å². The molecule has 6 rings (SSSR count). The smallest absolute Gasteiger partial charge is 0.186 e. The molecule has 4 aromatic carbocycles. The number of fused-ring (bicyclic) bond motifs is 2. The fourth-order valence-corrected chi connectivity index (χ4v) is 5.17. The van der Waals surface area contributed by atoms with Crippen molar-refractivity contribution in [1.29, 1.82) is 0 Å². The molecular formula is C36H29N3O7. The second-order valence-electron chi connectivity index (χ2n) is 10.4. The van der Waals surface area contributed by atoms with Gasteiger partial charge >= 0.3 is 0 Å². The molecule has 0 fully saturated rings. The van der Waals surface area contributed by atoms with E-state index in [0.717, 1.165) is 10.8 Å². The van der Waals surface area contributed by atoms with Crippen LogP contribution in [-0.4, -0.2) is 54.8 Å². The monoisotopic (exact) mass is 615 g/mol. The minimum atomic E-state index is -0.357. The molecule has 5 aromatic rings. The van der Waals surface area contributed by atoms with Crippen LogP contribution in [0, 0.1) is 0 Å². The fraction of sp³-hybridized carbons (Fsp3) is 0.139. The van der Waals surface area contributed by atoms with Crippen LogP contribution in [0.5, 0.6) is 23.0 Å². The Hall–Kier alpha value is -5.87. The zero-order valence-corrected chi connectivity index (χ0v) is 25.3. The number of aromatic nitrogens is 2. The van der Waals surface area contributed by atoms with E-state index in [1.54, 1.807) is 50.6 Å². The quantitative estimate of drug-likeness (QED) is 0.0981. The summed E-state index contributed by atoms with van der Waals surface area (Å²) in [5.41, 5.74) is 2.07. The Morgan fingerprint density at radius 2 is 1.70 bits per heavy atom. The Kier molecular flexibility index (Phi) is 8.53. The maximum absolute atomic E-state index is 13.1. The van der Waals surface area contributed by atoms with E-state index in [2.05, 4.69) is 15.3 Å². The summed E-state index contributed by atoms with van der Waals surface area (Å²) < 4.78 is 22.9. The maximum atomic E-state index is 13.1. The lowest BCUT2D eigenvalue weighted by atomic mass is 9.95. The Balaban J connectivity index is 1.44. The number of rotatable bonds is 11. The summed E-state index contributed by atoms with van der Waals surface area (Å²) in [6.07, 6.45) is 5.16. The van der Waals surface area contributed by atoms with Crippen LogP contribution in [0.3, 0.4) is 0 Å². The van der Waals surface area contributed by atoms with Gasteiger partial charge in [0.05, 0.1) is 24.8 Å². The molecule has 0 unspecified atom stereocenters. The van der Waals surface area contributed by atoms with Gasteiger partial charge in [-0.2, -0.15) is 0 Å². The first-order chi connectivity index (χ1) is 22.4. The number of benzene rings is 4. The topological polar surface area (TPSA) is 126 Å². The van der Waals surface area contributed by atoms with Crippen molar-refractivity contribution in [2.75, 3.05) is 32.8 Å². The number of carbonyl (C=O) groups excluding carboxylic acids is 3. The van der Waals surface area contributed by atoms with E-state index in [1.807, 2.05) is 30.3 Å². The van der Waals surface area contributed by atoms with Crippen molar-refractivity contribution in [1.82, 2.24) is 9.97 Å². The third kappa shape index (κ3) is 6.06. The van der Waals surface area contributed by atoms with Gasteiger partial charge in [0.2, 0.25) is 0 Å². The molecule has 1 N–H and O–H groups in total. The molecule has 230 valence electrons. The van der Waals surface area contributed by atoms with Gasteiger partial charge in [0.1, 0.15) is 30.3 Å². The average molecular weight is 616 g/mol. The van der Waals surface area contributed by atoms with E-state index >= 15 is 0 Å². The van der Waals surface area contributed by atoms with Crippen LogP contribution in [-0.2, 0) is 14.3 Å².